The van der Waals surface area contributed by atoms with Gasteiger partial charge >= 0.3 is 5.69 Å². The quantitative estimate of drug-likeness (QED) is 0.738. The van der Waals surface area contributed by atoms with E-state index in [1.165, 1.54) is 29.6 Å². The average Bonchev–Trinajstić information content (AvgIpc) is 3.11. The molecule has 4 atom stereocenters. The summed E-state index contributed by atoms with van der Waals surface area (Å²) in [6.07, 6.45) is 8.74. The standard InChI is InChI=1S/C17H21N7O3/c25-13-1-2-23(15(27)20-13)8-14(26)21-16-4-11-3-12(5-16)7-17(6-11,9-16)24-19-10-18-22-24/h1-2,10-12H,3-9H2,(H,21,26)(H,20,25,27)/t11-,12+,16?,17?. The van der Waals surface area contributed by atoms with Crippen molar-refractivity contribution in [3.05, 3.63) is 39.4 Å². The van der Waals surface area contributed by atoms with Crippen molar-refractivity contribution in [3.8, 4) is 0 Å². The molecule has 0 saturated heterocycles. The molecule has 6 rings (SSSR count). The van der Waals surface area contributed by atoms with Crippen LogP contribution in [0.2, 0.25) is 0 Å². The van der Waals surface area contributed by atoms with Gasteiger partial charge in [-0.25, -0.2) is 4.79 Å². The maximum Gasteiger partial charge on any atom is 0.328 e. The topological polar surface area (TPSA) is 128 Å². The predicted octanol–water partition coefficient (Wildman–Crippen LogP) is -0.613. The van der Waals surface area contributed by atoms with Gasteiger partial charge in [0, 0.05) is 17.8 Å². The lowest BCUT2D eigenvalue weighted by molar-refractivity contribution is -0.132. The predicted molar refractivity (Wildman–Crippen MR) is 92.7 cm³/mol. The van der Waals surface area contributed by atoms with Gasteiger partial charge in [0.1, 0.15) is 6.54 Å². The van der Waals surface area contributed by atoms with Crippen molar-refractivity contribution in [2.24, 2.45) is 11.8 Å². The molecule has 0 spiro atoms. The maximum atomic E-state index is 12.7. The van der Waals surface area contributed by atoms with E-state index < -0.39 is 11.2 Å². The van der Waals surface area contributed by atoms with Crippen LogP contribution in [0, 0.1) is 11.8 Å². The molecule has 2 aromatic rings. The molecule has 4 aliphatic carbocycles. The molecule has 2 unspecified atom stereocenters. The highest BCUT2D eigenvalue weighted by Crippen LogP contribution is 2.60. The lowest BCUT2D eigenvalue weighted by atomic mass is 9.50. The Kier molecular flexibility index (Phi) is 3.40. The smallest absolute Gasteiger partial charge is 0.328 e. The Morgan fingerprint density at radius 1 is 1.26 bits per heavy atom. The first-order chi connectivity index (χ1) is 13.0. The van der Waals surface area contributed by atoms with E-state index in [0.717, 1.165) is 32.1 Å². The van der Waals surface area contributed by atoms with E-state index in [-0.39, 0.29) is 23.5 Å². The number of H-pyrrole nitrogens is 1. The zero-order valence-electron chi connectivity index (χ0n) is 14.8. The van der Waals surface area contributed by atoms with Gasteiger partial charge in [-0.15, -0.1) is 10.2 Å². The number of amides is 1. The summed E-state index contributed by atoms with van der Waals surface area (Å²) in [5.41, 5.74) is -1.52. The summed E-state index contributed by atoms with van der Waals surface area (Å²) in [6, 6.07) is 1.24. The number of carbonyl (C=O) groups is 1. The molecule has 10 heteroatoms. The zero-order chi connectivity index (χ0) is 18.6. The first-order valence-corrected chi connectivity index (χ1v) is 9.30. The number of tetrazole rings is 1. The van der Waals surface area contributed by atoms with Crippen molar-refractivity contribution in [1.29, 1.82) is 0 Å². The molecular weight excluding hydrogens is 350 g/mol. The van der Waals surface area contributed by atoms with Crippen molar-refractivity contribution in [3.63, 3.8) is 0 Å². The Balaban J connectivity index is 1.39. The minimum Gasteiger partial charge on any atom is -0.349 e. The highest BCUT2D eigenvalue weighted by atomic mass is 16.2. The van der Waals surface area contributed by atoms with E-state index in [4.69, 9.17) is 0 Å². The van der Waals surface area contributed by atoms with E-state index in [1.54, 1.807) is 4.80 Å². The molecule has 2 aromatic heterocycles. The monoisotopic (exact) mass is 371 g/mol. The first kappa shape index (κ1) is 16.4. The lowest BCUT2D eigenvalue weighted by Gasteiger charge is -2.61. The number of hydrogen-bond acceptors (Lipinski definition) is 6. The summed E-state index contributed by atoms with van der Waals surface area (Å²) in [6.45, 7) is -0.110. The summed E-state index contributed by atoms with van der Waals surface area (Å²) in [4.78, 5) is 39.7. The van der Waals surface area contributed by atoms with Crippen LogP contribution in [0.5, 0.6) is 0 Å². The molecule has 1 amide bonds. The summed E-state index contributed by atoms with van der Waals surface area (Å²) >= 11 is 0. The number of rotatable bonds is 4. The second-order valence-electron chi connectivity index (χ2n) is 8.48. The molecule has 27 heavy (non-hydrogen) atoms. The van der Waals surface area contributed by atoms with Gasteiger partial charge in [-0.05, 0) is 55.6 Å². The number of nitrogens with zero attached hydrogens (tertiary/aromatic N) is 5. The van der Waals surface area contributed by atoms with Crippen LogP contribution in [-0.4, -0.2) is 41.2 Å². The Bertz CT molecular complexity index is 978. The number of aromatic nitrogens is 6. The van der Waals surface area contributed by atoms with Gasteiger partial charge in [0.05, 0.1) is 5.54 Å². The minimum atomic E-state index is -0.577. The fraction of sp³-hybridized carbons (Fsp3) is 0.647. The third-order valence-electron chi connectivity index (χ3n) is 6.42. The molecule has 4 fully saturated rings. The Morgan fingerprint density at radius 2 is 2.04 bits per heavy atom. The Morgan fingerprint density at radius 3 is 2.70 bits per heavy atom. The highest BCUT2D eigenvalue weighted by Gasteiger charge is 2.60. The molecular formula is C17H21N7O3. The van der Waals surface area contributed by atoms with Crippen LogP contribution >= 0.6 is 0 Å². The SMILES string of the molecule is O=C(Cn1ccc(=O)[nH]c1=O)NC12C[C@H]3C[C@@H](C1)CC(n1ncnn1)(C3)C2. The van der Waals surface area contributed by atoms with Crippen LogP contribution < -0.4 is 16.6 Å². The number of aromatic amines is 1. The van der Waals surface area contributed by atoms with E-state index in [1.807, 2.05) is 0 Å². The van der Waals surface area contributed by atoms with E-state index >= 15 is 0 Å². The summed E-state index contributed by atoms with van der Waals surface area (Å²) in [5, 5.41) is 15.6. The van der Waals surface area contributed by atoms with Crippen LogP contribution in [0.4, 0.5) is 0 Å². The highest BCUT2D eigenvalue weighted by molar-refractivity contribution is 5.76. The maximum absolute atomic E-state index is 12.7. The molecule has 0 aromatic carbocycles. The van der Waals surface area contributed by atoms with Crippen LogP contribution in [-0.2, 0) is 16.9 Å². The minimum absolute atomic E-state index is 0.110. The van der Waals surface area contributed by atoms with Gasteiger partial charge < -0.3 is 5.32 Å². The van der Waals surface area contributed by atoms with Crippen molar-refractivity contribution in [2.45, 2.75) is 56.1 Å². The molecule has 2 N–H and O–H groups in total. The molecule has 142 valence electrons. The van der Waals surface area contributed by atoms with E-state index in [2.05, 4.69) is 25.7 Å². The van der Waals surface area contributed by atoms with Crippen LogP contribution in [0.15, 0.2) is 28.2 Å². The van der Waals surface area contributed by atoms with Crippen molar-refractivity contribution in [2.75, 3.05) is 0 Å². The third-order valence-corrected chi connectivity index (χ3v) is 6.42. The second-order valence-corrected chi connectivity index (χ2v) is 8.48. The summed E-state index contributed by atoms with van der Waals surface area (Å²) < 4.78 is 1.21. The van der Waals surface area contributed by atoms with E-state index in [9.17, 15) is 14.4 Å². The van der Waals surface area contributed by atoms with Gasteiger partial charge in [0.25, 0.3) is 5.56 Å². The van der Waals surface area contributed by atoms with Crippen LogP contribution in [0.25, 0.3) is 0 Å². The van der Waals surface area contributed by atoms with Crippen molar-refractivity contribution in [1.82, 2.24) is 35.1 Å². The Labute approximate surface area is 154 Å². The van der Waals surface area contributed by atoms with Crippen molar-refractivity contribution < 1.29 is 4.79 Å². The third kappa shape index (κ3) is 2.70. The average molecular weight is 371 g/mol. The van der Waals surface area contributed by atoms with Crippen molar-refractivity contribution >= 4 is 5.91 Å². The molecule has 4 saturated carbocycles. The Hall–Kier alpha value is -2.78. The summed E-state index contributed by atoms with van der Waals surface area (Å²) in [5.74, 6) is 0.856. The van der Waals surface area contributed by atoms with Gasteiger partial charge in [-0.1, -0.05) is 0 Å². The lowest BCUT2D eigenvalue weighted by Crippen LogP contribution is -2.66. The first-order valence-electron chi connectivity index (χ1n) is 9.30. The second kappa shape index (κ2) is 5.61. The van der Waals surface area contributed by atoms with E-state index in [0.29, 0.717) is 11.8 Å². The number of carbonyl (C=O) groups excluding carboxylic acids is 1. The molecule has 2 heterocycles. The number of nitrogens with one attached hydrogen (secondary N) is 2. The molecule has 4 aliphatic rings. The fourth-order valence-electron chi connectivity index (χ4n) is 6.04. The van der Waals surface area contributed by atoms with Crippen LogP contribution in [0.3, 0.4) is 0 Å². The van der Waals surface area contributed by atoms with Gasteiger partial charge in [0.2, 0.25) is 5.91 Å². The van der Waals surface area contributed by atoms with Gasteiger partial charge in [-0.2, -0.15) is 4.80 Å². The number of hydrogen-bond donors (Lipinski definition) is 2. The molecule has 4 bridgehead atoms. The largest absolute Gasteiger partial charge is 0.349 e. The fourth-order valence-corrected chi connectivity index (χ4v) is 6.04. The zero-order valence-corrected chi connectivity index (χ0v) is 14.8. The molecule has 0 aliphatic heterocycles. The summed E-state index contributed by atoms with van der Waals surface area (Å²) in [7, 11) is 0. The van der Waals surface area contributed by atoms with Crippen LogP contribution in [0.1, 0.15) is 38.5 Å². The van der Waals surface area contributed by atoms with Gasteiger partial charge in [-0.3, -0.25) is 19.1 Å². The molecule has 10 nitrogen and oxygen atoms in total. The van der Waals surface area contributed by atoms with Gasteiger partial charge in [0.15, 0.2) is 6.33 Å². The normalized spacial score (nSPS) is 33.9. The molecule has 0 radical (unpaired) electrons.